The number of amides is 1. The summed E-state index contributed by atoms with van der Waals surface area (Å²) in [5, 5.41) is 0. The average Bonchev–Trinajstić information content (AvgIpc) is 2.73. The van der Waals surface area contributed by atoms with Crippen LogP contribution in [-0.4, -0.2) is 71.4 Å². The van der Waals surface area contributed by atoms with Gasteiger partial charge >= 0.3 is 0 Å². The van der Waals surface area contributed by atoms with Crippen molar-refractivity contribution in [2.45, 2.75) is 51.1 Å². The second-order valence-corrected chi connectivity index (χ2v) is 7.97. The lowest BCUT2D eigenvalue weighted by molar-refractivity contribution is -0.131. The lowest BCUT2D eigenvalue weighted by atomic mass is 9.87. The number of aryl methyl sites for hydroxylation is 1. The minimum atomic E-state index is 0.0991. The predicted octanol–water partition coefficient (Wildman–Crippen LogP) is 2.30. The Kier molecular flexibility index (Phi) is 5.74. The fourth-order valence-corrected chi connectivity index (χ4v) is 4.37. The number of carbonyl (C=O) groups is 1. The summed E-state index contributed by atoms with van der Waals surface area (Å²) in [6.07, 6.45) is 5.17. The lowest BCUT2D eigenvalue weighted by Crippen LogP contribution is -2.48. The zero-order chi connectivity index (χ0) is 17.9. The van der Waals surface area contributed by atoms with Gasteiger partial charge in [-0.1, -0.05) is 6.07 Å². The molecule has 25 heavy (non-hydrogen) atoms. The Balaban J connectivity index is 1.64. The van der Waals surface area contributed by atoms with Gasteiger partial charge in [0.1, 0.15) is 0 Å². The number of aromatic nitrogens is 1. The topological polar surface area (TPSA) is 39.7 Å². The molecule has 1 aromatic rings. The van der Waals surface area contributed by atoms with Crippen LogP contribution >= 0.6 is 0 Å². The Hall–Kier alpha value is -1.46. The summed E-state index contributed by atoms with van der Waals surface area (Å²) in [5.41, 5.74) is 2.34. The summed E-state index contributed by atoms with van der Waals surface area (Å²) >= 11 is 0. The molecule has 3 rings (SSSR count). The van der Waals surface area contributed by atoms with E-state index in [0.717, 1.165) is 76.2 Å². The molecule has 5 nitrogen and oxygen atoms in total. The molecule has 0 aliphatic carbocycles. The number of hydrogen-bond acceptors (Lipinski definition) is 4. The predicted molar refractivity (Wildman–Crippen MR) is 100 cm³/mol. The van der Waals surface area contributed by atoms with Crippen molar-refractivity contribution in [3.8, 4) is 0 Å². The molecule has 1 aromatic heterocycles. The van der Waals surface area contributed by atoms with Crippen molar-refractivity contribution < 1.29 is 4.79 Å². The number of pyridine rings is 1. The highest BCUT2D eigenvalue weighted by Gasteiger charge is 2.45. The third kappa shape index (κ3) is 4.39. The van der Waals surface area contributed by atoms with Crippen LogP contribution in [0.4, 0.5) is 0 Å². The largest absolute Gasteiger partial charge is 0.336 e. The molecule has 1 atom stereocenters. The van der Waals surface area contributed by atoms with E-state index in [2.05, 4.69) is 45.9 Å². The maximum Gasteiger partial charge on any atom is 0.223 e. The van der Waals surface area contributed by atoms with Gasteiger partial charge in [0.05, 0.1) is 5.69 Å². The van der Waals surface area contributed by atoms with E-state index in [0.29, 0.717) is 5.91 Å². The van der Waals surface area contributed by atoms with Gasteiger partial charge in [-0.05, 0) is 65.4 Å². The summed E-state index contributed by atoms with van der Waals surface area (Å²) < 4.78 is 0. The standard InChI is InChI=1S/C20H32N4O/c1-17-6-4-7-18(21-17)16-23-12-5-9-20(11-13-23)10-8-19(25)24(20)15-14-22(2)3/h4,6-7H,5,8-16H2,1-3H3/t20-/m0/s1. The summed E-state index contributed by atoms with van der Waals surface area (Å²) in [6, 6.07) is 6.26. The van der Waals surface area contributed by atoms with Gasteiger partial charge in [0.15, 0.2) is 0 Å². The third-order valence-electron chi connectivity index (χ3n) is 5.79. The smallest absolute Gasteiger partial charge is 0.223 e. The van der Waals surface area contributed by atoms with Crippen LogP contribution in [0.1, 0.15) is 43.5 Å². The van der Waals surface area contributed by atoms with Gasteiger partial charge in [-0.15, -0.1) is 0 Å². The molecule has 0 N–H and O–H groups in total. The van der Waals surface area contributed by atoms with Crippen molar-refractivity contribution in [1.29, 1.82) is 0 Å². The van der Waals surface area contributed by atoms with E-state index in [-0.39, 0.29) is 5.54 Å². The maximum atomic E-state index is 12.5. The first-order valence-electron chi connectivity index (χ1n) is 9.59. The Morgan fingerprint density at radius 1 is 1.20 bits per heavy atom. The van der Waals surface area contributed by atoms with Gasteiger partial charge in [0.25, 0.3) is 0 Å². The van der Waals surface area contributed by atoms with E-state index in [4.69, 9.17) is 0 Å². The van der Waals surface area contributed by atoms with E-state index in [1.165, 1.54) is 0 Å². The van der Waals surface area contributed by atoms with Crippen LogP contribution in [0, 0.1) is 6.92 Å². The first-order chi connectivity index (χ1) is 12.0. The fourth-order valence-electron chi connectivity index (χ4n) is 4.37. The molecule has 3 heterocycles. The second-order valence-electron chi connectivity index (χ2n) is 7.97. The highest BCUT2D eigenvalue weighted by atomic mass is 16.2. The molecule has 0 bridgehead atoms. The lowest BCUT2D eigenvalue weighted by Gasteiger charge is -2.39. The van der Waals surface area contributed by atoms with Crippen LogP contribution < -0.4 is 0 Å². The van der Waals surface area contributed by atoms with Crippen LogP contribution in [0.5, 0.6) is 0 Å². The van der Waals surface area contributed by atoms with Gasteiger partial charge in [0.2, 0.25) is 5.91 Å². The monoisotopic (exact) mass is 344 g/mol. The molecular weight excluding hydrogens is 312 g/mol. The van der Waals surface area contributed by atoms with Crippen molar-refractivity contribution in [3.05, 3.63) is 29.6 Å². The van der Waals surface area contributed by atoms with Gasteiger partial charge < -0.3 is 9.80 Å². The number of hydrogen-bond donors (Lipinski definition) is 0. The van der Waals surface area contributed by atoms with Crippen molar-refractivity contribution in [1.82, 2.24) is 19.7 Å². The molecule has 2 fully saturated rings. The van der Waals surface area contributed by atoms with Gasteiger partial charge in [-0.3, -0.25) is 14.7 Å². The first-order valence-corrected chi connectivity index (χ1v) is 9.59. The van der Waals surface area contributed by atoms with E-state index in [1.807, 2.05) is 13.0 Å². The molecule has 138 valence electrons. The van der Waals surface area contributed by atoms with E-state index in [1.54, 1.807) is 0 Å². The van der Waals surface area contributed by atoms with Gasteiger partial charge in [0, 0.05) is 43.8 Å². The van der Waals surface area contributed by atoms with Crippen molar-refractivity contribution in [3.63, 3.8) is 0 Å². The molecule has 5 heteroatoms. The molecule has 0 saturated carbocycles. The molecule has 1 spiro atoms. The van der Waals surface area contributed by atoms with Crippen LogP contribution in [0.15, 0.2) is 18.2 Å². The molecule has 0 aromatic carbocycles. The van der Waals surface area contributed by atoms with E-state index in [9.17, 15) is 4.79 Å². The minimum Gasteiger partial charge on any atom is -0.336 e. The van der Waals surface area contributed by atoms with Crippen LogP contribution in [-0.2, 0) is 11.3 Å². The molecule has 2 aliphatic heterocycles. The van der Waals surface area contributed by atoms with Crippen LogP contribution in [0.2, 0.25) is 0 Å². The maximum absolute atomic E-state index is 12.5. The number of likely N-dealkylation sites (N-methyl/N-ethyl adjacent to an activating group) is 1. The Morgan fingerprint density at radius 3 is 2.80 bits per heavy atom. The highest BCUT2D eigenvalue weighted by molar-refractivity contribution is 5.79. The SMILES string of the molecule is Cc1cccc(CN2CCC[C@]3(CCC(=O)N3CCN(C)C)CC2)n1. The van der Waals surface area contributed by atoms with Gasteiger partial charge in [-0.25, -0.2) is 0 Å². The Labute approximate surface area is 152 Å². The number of nitrogens with zero attached hydrogens (tertiary/aromatic N) is 4. The van der Waals surface area contributed by atoms with Crippen LogP contribution in [0.25, 0.3) is 0 Å². The molecule has 0 unspecified atom stereocenters. The van der Waals surface area contributed by atoms with Gasteiger partial charge in [-0.2, -0.15) is 0 Å². The Bertz CT molecular complexity index is 603. The highest BCUT2D eigenvalue weighted by Crippen LogP contribution is 2.39. The fraction of sp³-hybridized carbons (Fsp3) is 0.700. The molecule has 1 amide bonds. The zero-order valence-corrected chi connectivity index (χ0v) is 16.0. The quantitative estimate of drug-likeness (QED) is 0.822. The summed E-state index contributed by atoms with van der Waals surface area (Å²) in [7, 11) is 4.16. The molecule has 2 saturated heterocycles. The van der Waals surface area contributed by atoms with Crippen molar-refractivity contribution in [2.75, 3.05) is 40.3 Å². The second kappa shape index (κ2) is 7.83. The summed E-state index contributed by atoms with van der Waals surface area (Å²) in [4.78, 5) is 24.0. The van der Waals surface area contributed by atoms with Crippen molar-refractivity contribution in [2.24, 2.45) is 0 Å². The molecular formula is C20H32N4O. The van der Waals surface area contributed by atoms with E-state index >= 15 is 0 Å². The molecule has 2 aliphatic rings. The zero-order valence-electron chi connectivity index (χ0n) is 16.0. The molecule has 0 radical (unpaired) electrons. The van der Waals surface area contributed by atoms with E-state index < -0.39 is 0 Å². The summed E-state index contributed by atoms with van der Waals surface area (Å²) in [6.45, 7) is 6.95. The van der Waals surface area contributed by atoms with Crippen LogP contribution in [0.3, 0.4) is 0 Å². The third-order valence-corrected chi connectivity index (χ3v) is 5.79. The summed E-state index contributed by atoms with van der Waals surface area (Å²) in [5.74, 6) is 0.357. The normalized spacial score (nSPS) is 25.1. The average molecular weight is 345 g/mol. The first kappa shape index (κ1) is 18.3. The number of carbonyl (C=O) groups excluding carboxylic acids is 1. The Morgan fingerprint density at radius 2 is 2.04 bits per heavy atom. The van der Waals surface area contributed by atoms with Crippen molar-refractivity contribution >= 4 is 5.91 Å². The number of rotatable bonds is 5. The minimum absolute atomic E-state index is 0.0991. The number of likely N-dealkylation sites (tertiary alicyclic amines) is 2.